The van der Waals surface area contributed by atoms with E-state index in [0.29, 0.717) is 17.1 Å². The third kappa shape index (κ3) is 6.56. The molecule has 9 nitrogen and oxygen atoms in total. The summed E-state index contributed by atoms with van der Waals surface area (Å²) in [6.07, 6.45) is 0. The molecule has 0 fully saturated rings. The first kappa shape index (κ1) is 28.8. The molecule has 0 spiro atoms. The van der Waals surface area contributed by atoms with Gasteiger partial charge in [0.2, 0.25) is 11.8 Å². The van der Waals surface area contributed by atoms with Crippen LogP contribution in [0.15, 0.2) is 77.7 Å². The van der Waals surface area contributed by atoms with E-state index >= 15 is 0 Å². The largest absolute Gasteiger partial charge is 0.497 e. The van der Waals surface area contributed by atoms with Gasteiger partial charge < -0.3 is 19.7 Å². The van der Waals surface area contributed by atoms with E-state index in [2.05, 4.69) is 5.32 Å². The van der Waals surface area contributed by atoms with Crippen LogP contribution in [0, 0.1) is 0 Å². The molecule has 2 amide bonds. The molecule has 11 heteroatoms. The summed E-state index contributed by atoms with van der Waals surface area (Å²) in [5, 5.41) is 2.73. The van der Waals surface area contributed by atoms with Gasteiger partial charge in [0, 0.05) is 13.6 Å². The molecule has 1 atom stereocenters. The average Bonchev–Trinajstić information content (AvgIpc) is 2.94. The monoisotopic (exact) mass is 559 g/mol. The number of benzene rings is 3. The van der Waals surface area contributed by atoms with E-state index in [1.165, 1.54) is 56.5 Å². The minimum atomic E-state index is -4.19. The van der Waals surface area contributed by atoms with Crippen molar-refractivity contribution >= 4 is 39.1 Å². The molecule has 0 aliphatic heterocycles. The lowest BCUT2D eigenvalue weighted by Gasteiger charge is -2.32. The van der Waals surface area contributed by atoms with Crippen LogP contribution in [0.25, 0.3) is 0 Å². The summed E-state index contributed by atoms with van der Waals surface area (Å²) >= 11 is 6.31. The summed E-state index contributed by atoms with van der Waals surface area (Å²) < 4.78 is 38.9. The van der Waals surface area contributed by atoms with E-state index in [-0.39, 0.29) is 22.2 Å². The molecule has 0 radical (unpaired) electrons. The lowest BCUT2D eigenvalue weighted by atomic mass is 10.1. The number of halogens is 1. The molecular weight excluding hydrogens is 530 g/mol. The number of methoxy groups -OCH3 is 2. The standard InChI is InChI=1S/C27H30ClN3O6S/c1-19(27(33)29-2)30(17-20-9-8-10-22(15-20)36-3)26(32)18-31(21-13-14-25(37-4)24(28)16-21)38(34,35)23-11-6-5-7-12-23/h5-16,19H,17-18H2,1-4H3,(H,29,33)/t19-/m0/s1. The zero-order chi connectivity index (χ0) is 27.9. The Morgan fingerprint density at radius 2 is 1.68 bits per heavy atom. The van der Waals surface area contributed by atoms with Crippen LogP contribution in [0.5, 0.6) is 11.5 Å². The van der Waals surface area contributed by atoms with E-state index < -0.39 is 34.4 Å². The Morgan fingerprint density at radius 3 is 2.29 bits per heavy atom. The highest BCUT2D eigenvalue weighted by molar-refractivity contribution is 7.92. The summed E-state index contributed by atoms with van der Waals surface area (Å²) in [5.41, 5.74) is 0.875. The zero-order valence-corrected chi connectivity index (χ0v) is 23.1. The first-order valence-electron chi connectivity index (χ1n) is 11.7. The SMILES string of the molecule is CNC(=O)[C@H](C)N(Cc1cccc(OC)c1)C(=O)CN(c1ccc(OC)c(Cl)c1)S(=O)(=O)c1ccccc1. The molecule has 0 aliphatic carbocycles. The molecule has 0 aliphatic rings. The maximum atomic E-state index is 13.8. The second-order valence-electron chi connectivity index (χ2n) is 8.31. The highest BCUT2D eigenvalue weighted by Crippen LogP contribution is 2.32. The number of anilines is 1. The van der Waals surface area contributed by atoms with Gasteiger partial charge in [0.25, 0.3) is 10.0 Å². The van der Waals surface area contributed by atoms with Crippen molar-refractivity contribution in [1.29, 1.82) is 0 Å². The Labute approximate surface area is 228 Å². The zero-order valence-electron chi connectivity index (χ0n) is 21.5. The van der Waals surface area contributed by atoms with Gasteiger partial charge in [-0.15, -0.1) is 0 Å². The highest BCUT2D eigenvalue weighted by Gasteiger charge is 2.32. The number of hydrogen-bond acceptors (Lipinski definition) is 6. The number of carbonyl (C=O) groups is 2. The van der Waals surface area contributed by atoms with Gasteiger partial charge in [0.1, 0.15) is 24.1 Å². The fourth-order valence-corrected chi connectivity index (χ4v) is 5.50. The molecular formula is C27H30ClN3O6S. The van der Waals surface area contributed by atoms with Crippen molar-refractivity contribution in [3.63, 3.8) is 0 Å². The number of sulfonamides is 1. The smallest absolute Gasteiger partial charge is 0.264 e. The second-order valence-corrected chi connectivity index (χ2v) is 10.6. The Hall–Kier alpha value is -3.76. The maximum absolute atomic E-state index is 13.8. The van der Waals surface area contributed by atoms with Crippen LogP contribution >= 0.6 is 11.6 Å². The molecule has 3 aromatic rings. The van der Waals surface area contributed by atoms with Gasteiger partial charge in [-0.25, -0.2) is 8.42 Å². The van der Waals surface area contributed by atoms with Crippen LogP contribution in [-0.4, -0.2) is 59.0 Å². The molecule has 0 aromatic heterocycles. The van der Waals surface area contributed by atoms with Crippen LogP contribution in [0.4, 0.5) is 5.69 Å². The molecule has 202 valence electrons. The summed E-state index contributed by atoms with van der Waals surface area (Å²) in [6.45, 7) is 1.05. The lowest BCUT2D eigenvalue weighted by Crippen LogP contribution is -2.50. The molecule has 1 N–H and O–H groups in total. The predicted molar refractivity (Wildman–Crippen MR) is 146 cm³/mol. The predicted octanol–water partition coefficient (Wildman–Crippen LogP) is 3.72. The fraction of sp³-hybridized carbons (Fsp3) is 0.259. The third-order valence-electron chi connectivity index (χ3n) is 5.93. The normalized spacial score (nSPS) is 11.8. The number of rotatable bonds is 11. The van der Waals surface area contributed by atoms with Gasteiger partial charge in [-0.3, -0.25) is 13.9 Å². The number of ether oxygens (including phenoxy) is 2. The van der Waals surface area contributed by atoms with Crippen molar-refractivity contribution in [2.24, 2.45) is 0 Å². The van der Waals surface area contributed by atoms with Gasteiger partial charge >= 0.3 is 0 Å². The first-order valence-corrected chi connectivity index (χ1v) is 13.5. The quantitative estimate of drug-likeness (QED) is 0.384. The summed E-state index contributed by atoms with van der Waals surface area (Å²) in [6, 6.07) is 18.4. The Kier molecular flexibility index (Phi) is 9.60. The Balaban J connectivity index is 2.05. The van der Waals surface area contributed by atoms with Gasteiger partial charge in [-0.1, -0.05) is 41.9 Å². The maximum Gasteiger partial charge on any atom is 0.264 e. The fourth-order valence-electron chi connectivity index (χ4n) is 3.82. The van der Waals surface area contributed by atoms with Gasteiger partial charge in [0.15, 0.2) is 0 Å². The topological polar surface area (TPSA) is 105 Å². The van der Waals surface area contributed by atoms with Crippen molar-refractivity contribution in [2.75, 3.05) is 32.1 Å². The van der Waals surface area contributed by atoms with Gasteiger partial charge in [-0.2, -0.15) is 0 Å². The summed E-state index contributed by atoms with van der Waals surface area (Å²) in [7, 11) is 0.256. The van der Waals surface area contributed by atoms with Crippen molar-refractivity contribution in [2.45, 2.75) is 24.4 Å². The molecule has 38 heavy (non-hydrogen) atoms. The molecule has 0 unspecified atom stereocenters. The number of nitrogens with one attached hydrogen (secondary N) is 1. The Bertz CT molecular complexity index is 1380. The molecule has 0 saturated carbocycles. The van der Waals surface area contributed by atoms with E-state index in [1.54, 1.807) is 49.4 Å². The van der Waals surface area contributed by atoms with E-state index in [4.69, 9.17) is 21.1 Å². The number of likely N-dealkylation sites (N-methyl/N-ethyl adjacent to an activating group) is 1. The minimum Gasteiger partial charge on any atom is -0.497 e. The molecule has 0 bridgehead atoms. The van der Waals surface area contributed by atoms with Crippen LogP contribution in [0.3, 0.4) is 0 Å². The highest BCUT2D eigenvalue weighted by atomic mass is 35.5. The van der Waals surface area contributed by atoms with Gasteiger partial charge in [-0.05, 0) is 55.0 Å². The van der Waals surface area contributed by atoms with Crippen molar-refractivity contribution < 1.29 is 27.5 Å². The first-order chi connectivity index (χ1) is 18.1. The average molecular weight is 560 g/mol. The van der Waals surface area contributed by atoms with Crippen LogP contribution in [0.2, 0.25) is 5.02 Å². The molecule has 3 aromatic carbocycles. The van der Waals surface area contributed by atoms with Crippen molar-refractivity contribution in [1.82, 2.24) is 10.2 Å². The second kappa shape index (κ2) is 12.7. The molecule has 0 saturated heterocycles. The minimum absolute atomic E-state index is 0.00145. The number of carbonyl (C=O) groups excluding carboxylic acids is 2. The van der Waals surface area contributed by atoms with Crippen LogP contribution < -0.4 is 19.1 Å². The van der Waals surface area contributed by atoms with Gasteiger partial charge in [0.05, 0.1) is 29.8 Å². The Morgan fingerprint density at radius 1 is 0.974 bits per heavy atom. The van der Waals surface area contributed by atoms with Crippen LogP contribution in [-0.2, 0) is 26.2 Å². The van der Waals surface area contributed by atoms with Crippen molar-refractivity contribution in [3.05, 3.63) is 83.4 Å². The molecule has 3 rings (SSSR count). The lowest BCUT2D eigenvalue weighted by molar-refractivity contribution is -0.139. The number of hydrogen-bond donors (Lipinski definition) is 1. The summed E-state index contributed by atoms with van der Waals surface area (Å²) in [5.74, 6) is -0.0445. The van der Waals surface area contributed by atoms with Crippen LogP contribution in [0.1, 0.15) is 12.5 Å². The third-order valence-corrected chi connectivity index (χ3v) is 8.02. The van der Waals surface area contributed by atoms with E-state index in [1.807, 2.05) is 0 Å². The van der Waals surface area contributed by atoms with Crippen molar-refractivity contribution in [3.8, 4) is 11.5 Å². The molecule has 0 heterocycles. The number of nitrogens with zero attached hydrogens (tertiary/aromatic N) is 2. The van der Waals surface area contributed by atoms with E-state index in [0.717, 1.165) is 4.31 Å². The number of amides is 2. The van der Waals surface area contributed by atoms with E-state index in [9.17, 15) is 18.0 Å². The summed E-state index contributed by atoms with van der Waals surface area (Å²) in [4.78, 5) is 27.7.